The molecule has 0 heterocycles. The fraction of sp³-hybridized carbons (Fsp3) is 0.364. The van der Waals surface area contributed by atoms with Crippen molar-refractivity contribution in [2.24, 2.45) is 0 Å². The fourth-order valence-corrected chi connectivity index (χ4v) is 2.06. The molecule has 1 aliphatic rings. The Balaban J connectivity index is 2.40. The molecule has 1 aromatic rings. The van der Waals surface area contributed by atoms with Crippen LogP contribution in [0.15, 0.2) is 18.2 Å². The molecule has 1 N–H and O–H groups in total. The lowest BCUT2D eigenvalue weighted by Gasteiger charge is -2.22. The van der Waals surface area contributed by atoms with Crippen molar-refractivity contribution < 1.29 is 9.53 Å². The van der Waals surface area contributed by atoms with Crippen LogP contribution in [0, 0.1) is 0 Å². The Bertz CT molecular complexity index is 392. The second-order valence-electron chi connectivity index (χ2n) is 3.59. The van der Waals surface area contributed by atoms with Gasteiger partial charge in [-0.3, -0.25) is 4.79 Å². The highest BCUT2D eigenvalue weighted by Crippen LogP contribution is 2.25. The van der Waals surface area contributed by atoms with Gasteiger partial charge in [-0.15, -0.1) is 0 Å². The standard InChI is InChI=1S/C11H12ClNO2/c1-15-8-4-2-7-3-5-10(13-12)11(14)9(7)6-8/h2,4,6,10,13H,3,5H2,1H3/t10-/m0/s1. The second-order valence-corrected chi connectivity index (χ2v) is 3.81. The largest absolute Gasteiger partial charge is 0.497 e. The summed E-state index contributed by atoms with van der Waals surface area (Å²) in [5, 5.41) is 0. The molecule has 3 nitrogen and oxygen atoms in total. The normalized spacial score (nSPS) is 19.9. The van der Waals surface area contributed by atoms with E-state index in [0.717, 1.165) is 24.0 Å². The first-order chi connectivity index (χ1) is 7.26. The van der Waals surface area contributed by atoms with Crippen LogP contribution < -0.4 is 9.57 Å². The molecule has 0 spiro atoms. The van der Waals surface area contributed by atoms with Crippen molar-refractivity contribution in [2.45, 2.75) is 18.9 Å². The summed E-state index contributed by atoms with van der Waals surface area (Å²) in [5.41, 5.74) is 1.79. The Morgan fingerprint density at radius 1 is 1.53 bits per heavy atom. The van der Waals surface area contributed by atoms with E-state index in [1.165, 1.54) is 0 Å². The first-order valence-corrected chi connectivity index (χ1v) is 5.21. The number of aryl methyl sites for hydroxylation is 1. The number of benzene rings is 1. The number of methoxy groups -OCH3 is 1. The van der Waals surface area contributed by atoms with E-state index in [2.05, 4.69) is 4.84 Å². The van der Waals surface area contributed by atoms with Crippen molar-refractivity contribution in [1.29, 1.82) is 0 Å². The number of rotatable bonds is 2. The number of carbonyl (C=O) groups excluding carboxylic acids is 1. The Kier molecular flexibility index (Phi) is 2.93. The molecule has 0 bridgehead atoms. The van der Waals surface area contributed by atoms with Crippen LogP contribution in [0.25, 0.3) is 0 Å². The zero-order chi connectivity index (χ0) is 10.8. The maximum absolute atomic E-state index is 11.9. The van der Waals surface area contributed by atoms with Gasteiger partial charge in [0.05, 0.1) is 13.2 Å². The highest BCUT2D eigenvalue weighted by Gasteiger charge is 2.26. The maximum Gasteiger partial charge on any atom is 0.181 e. The quantitative estimate of drug-likeness (QED) is 0.782. The minimum atomic E-state index is -0.272. The number of hydrogen-bond acceptors (Lipinski definition) is 3. The van der Waals surface area contributed by atoms with Crippen LogP contribution in [0.4, 0.5) is 0 Å². The zero-order valence-electron chi connectivity index (χ0n) is 8.42. The number of Topliss-reactive ketones (excluding diaryl/α,β-unsaturated/α-hetero) is 1. The Labute approximate surface area is 93.5 Å². The van der Waals surface area contributed by atoms with Gasteiger partial charge in [-0.05, 0) is 42.3 Å². The van der Waals surface area contributed by atoms with E-state index >= 15 is 0 Å². The van der Waals surface area contributed by atoms with Crippen LogP contribution in [0.1, 0.15) is 22.3 Å². The third-order valence-corrected chi connectivity index (χ3v) is 3.00. The average molecular weight is 226 g/mol. The summed E-state index contributed by atoms with van der Waals surface area (Å²) in [6, 6.07) is 5.32. The minimum Gasteiger partial charge on any atom is -0.497 e. The smallest absolute Gasteiger partial charge is 0.181 e. The number of carbonyl (C=O) groups is 1. The van der Waals surface area contributed by atoms with Gasteiger partial charge in [0.2, 0.25) is 0 Å². The molecule has 0 fully saturated rings. The number of ether oxygens (including phenoxy) is 1. The van der Waals surface area contributed by atoms with Crippen molar-refractivity contribution in [2.75, 3.05) is 7.11 Å². The SMILES string of the molecule is COc1ccc2c(c1)C(=O)[C@@H](NCl)CC2. The fourth-order valence-electron chi connectivity index (χ4n) is 1.85. The van der Waals surface area contributed by atoms with Crippen LogP contribution in [-0.2, 0) is 6.42 Å². The summed E-state index contributed by atoms with van der Waals surface area (Å²) in [6.07, 6.45) is 1.62. The number of fused-ring (bicyclic) bond motifs is 1. The van der Waals surface area contributed by atoms with Crippen LogP contribution in [-0.4, -0.2) is 18.9 Å². The Morgan fingerprint density at radius 2 is 2.33 bits per heavy atom. The van der Waals surface area contributed by atoms with Crippen LogP contribution in [0.5, 0.6) is 5.75 Å². The monoisotopic (exact) mass is 225 g/mol. The molecule has 0 saturated heterocycles. The number of ketones is 1. The topological polar surface area (TPSA) is 38.3 Å². The Morgan fingerprint density at radius 3 is 3.00 bits per heavy atom. The van der Waals surface area contributed by atoms with E-state index in [0.29, 0.717) is 5.75 Å². The summed E-state index contributed by atoms with van der Waals surface area (Å²) in [4.78, 5) is 14.4. The molecule has 0 aliphatic heterocycles. The number of halogens is 1. The third kappa shape index (κ3) is 1.85. The van der Waals surface area contributed by atoms with Crippen molar-refractivity contribution in [3.8, 4) is 5.75 Å². The molecule has 1 atom stereocenters. The average Bonchev–Trinajstić information content (AvgIpc) is 2.29. The molecule has 0 aromatic heterocycles. The van der Waals surface area contributed by atoms with E-state index < -0.39 is 0 Å². The molecule has 15 heavy (non-hydrogen) atoms. The highest BCUT2D eigenvalue weighted by molar-refractivity contribution is 6.16. The molecule has 0 radical (unpaired) electrons. The summed E-state index contributed by atoms with van der Waals surface area (Å²) in [6.45, 7) is 0. The van der Waals surface area contributed by atoms with E-state index in [1.54, 1.807) is 13.2 Å². The van der Waals surface area contributed by atoms with Gasteiger partial charge in [-0.2, -0.15) is 0 Å². The zero-order valence-corrected chi connectivity index (χ0v) is 9.17. The minimum absolute atomic E-state index is 0.0464. The lowest BCUT2D eigenvalue weighted by molar-refractivity contribution is 0.0940. The lowest BCUT2D eigenvalue weighted by Crippen LogP contribution is -2.35. The summed E-state index contributed by atoms with van der Waals surface area (Å²) in [7, 11) is 1.59. The van der Waals surface area contributed by atoms with Gasteiger partial charge in [0.15, 0.2) is 5.78 Å². The maximum atomic E-state index is 11.9. The van der Waals surface area contributed by atoms with Crippen molar-refractivity contribution >= 4 is 17.6 Å². The Hall–Kier alpha value is -1.06. The molecular weight excluding hydrogens is 214 g/mol. The van der Waals surface area contributed by atoms with Gasteiger partial charge in [-0.1, -0.05) is 6.07 Å². The summed E-state index contributed by atoms with van der Waals surface area (Å²) >= 11 is 5.51. The van der Waals surface area contributed by atoms with Gasteiger partial charge in [0.1, 0.15) is 5.75 Å². The van der Waals surface area contributed by atoms with Gasteiger partial charge in [-0.25, -0.2) is 4.84 Å². The molecule has 4 heteroatoms. The molecule has 1 aliphatic carbocycles. The van der Waals surface area contributed by atoms with Gasteiger partial charge < -0.3 is 4.74 Å². The first-order valence-electron chi connectivity index (χ1n) is 4.83. The molecule has 0 amide bonds. The van der Waals surface area contributed by atoms with Crippen LogP contribution >= 0.6 is 11.8 Å². The molecule has 0 saturated carbocycles. The molecular formula is C11H12ClNO2. The van der Waals surface area contributed by atoms with E-state index in [1.807, 2.05) is 12.1 Å². The van der Waals surface area contributed by atoms with Crippen LogP contribution in [0.3, 0.4) is 0 Å². The second kappa shape index (κ2) is 4.21. The van der Waals surface area contributed by atoms with E-state index in [9.17, 15) is 4.79 Å². The molecule has 2 rings (SSSR count). The summed E-state index contributed by atoms with van der Waals surface area (Å²) < 4.78 is 5.09. The van der Waals surface area contributed by atoms with Crippen molar-refractivity contribution in [3.05, 3.63) is 29.3 Å². The van der Waals surface area contributed by atoms with Crippen LogP contribution in [0.2, 0.25) is 0 Å². The lowest BCUT2D eigenvalue weighted by atomic mass is 9.87. The van der Waals surface area contributed by atoms with Crippen molar-refractivity contribution in [1.82, 2.24) is 4.84 Å². The van der Waals surface area contributed by atoms with Gasteiger partial charge in [0, 0.05) is 5.56 Å². The summed E-state index contributed by atoms with van der Waals surface area (Å²) in [5.74, 6) is 0.752. The number of nitrogens with one attached hydrogen (secondary N) is 1. The van der Waals surface area contributed by atoms with Gasteiger partial charge in [0.25, 0.3) is 0 Å². The van der Waals surface area contributed by atoms with Crippen molar-refractivity contribution in [3.63, 3.8) is 0 Å². The molecule has 80 valence electrons. The first kappa shape index (κ1) is 10.5. The predicted molar refractivity (Wildman–Crippen MR) is 58.4 cm³/mol. The van der Waals surface area contributed by atoms with Gasteiger partial charge >= 0.3 is 0 Å². The van der Waals surface area contributed by atoms with E-state index in [4.69, 9.17) is 16.5 Å². The molecule has 0 unspecified atom stereocenters. The van der Waals surface area contributed by atoms with E-state index in [-0.39, 0.29) is 11.8 Å². The number of hydrogen-bond donors (Lipinski definition) is 1. The molecule has 1 aromatic carbocycles. The predicted octanol–water partition coefficient (Wildman–Crippen LogP) is 1.94. The highest BCUT2D eigenvalue weighted by atomic mass is 35.5. The third-order valence-electron chi connectivity index (χ3n) is 2.73.